The molecule has 6 rings (SSSR count). The molecule has 2 aromatic carbocycles. The number of para-hydroxylation sites is 2. The molecule has 3 aliphatic rings. The molecule has 3 heterocycles. The molecular formula is C40H49BrN5+. The summed E-state index contributed by atoms with van der Waals surface area (Å²) in [6.45, 7) is 16.0. The smallest absolute Gasteiger partial charge is 0.209 e. The molecule has 0 fully saturated rings. The number of rotatable bonds is 10. The maximum absolute atomic E-state index is 4.69. The summed E-state index contributed by atoms with van der Waals surface area (Å²) in [5.74, 6) is 0. The van der Waals surface area contributed by atoms with Crippen LogP contribution in [-0.4, -0.2) is 43.7 Å². The molecule has 1 aliphatic carbocycles. The number of hydrogen-bond acceptors (Lipinski definition) is 3. The number of alkyl halides is 1. The van der Waals surface area contributed by atoms with Gasteiger partial charge in [-0.05, 0) is 68.4 Å². The third-order valence-corrected chi connectivity index (χ3v) is 10.4. The first kappa shape index (κ1) is 32.4. The number of benzene rings is 2. The number of allylic oxidation sites excluding steroid dienone is 8. The zero-order valence-corrected chi connectivity index (χ0v) is 30.1. The minimum Gasteiger partial charge on any atom is -0.344 e. The predicted molar refractivity (Wildman–Crippen MR) is 197 cm³/mol. The third-order valence-electron chi connectivity index (χ3n) is 10.00. The Morgan fingerprint density at radius 2 is 1.65 bits per heavy atom. The van der Waals surface area contributed by atoms with Crippen LogP contribution in [0.1, 0.15) is 90.5 Å². The molecule has 6 heteroatoms. The Balaban J connectivity index is 1.47. The lowest BCUT2D eigenvalue weighted by atomic mass is 9.81. The summed E-state index contributed by atoms with van der Waals surface area (Å²) in [7, 11) is 0. The third kappa shape index (κ3) is 5.78. The summed E-state index contributed by atoms with van der Waals surface area (Å²) in [6, 6.07) is 17.8. The van der Waals surface area contributed by atoms with Crippen molar-refractivity contribution in [2.75, 3.05) is 23.3 Å². The van der Waals surface area contributed by atoms with E-state index < -0.39 is 0 Å². The van der Waals surface area contributed by atoms with Gasteiger partial charge in [0.25, 0.3) is 0 Å². The minimum atomic E-state index is -0.0666. The Hall–Kier alpha value is -3.51. The molecule has 0 saturated carbocycles. The average molecular weight is 680 g/mol. The van der Waals surface area contributed by atoms with E-state index in [-0.39, 0.29) is 10.8 Å². The van der Waals surface area contributed by atoms with E-state index >= 15 is 0 Å². The molecule has 5 nitrogen and oxygen atoms in total. The van der Waals surface area contributed by atoms with Crippen LogP contribution in [0.3, 0.4) is 0 Å². The normalized spacial score (nSPS) is 20.5. The standard InChI is InChI=1S/C40H49BrN5/c1-7-26-44-34-18-11-9-16-32(34)39(3,4)36(44)22-20-29-14-13-15-30(38(29)46-28-31(24-25-41)42-43-46)21-23-37-40(5,6)33-17-10-12-19-35(33)45(37)27-8-2/h9-12,16-23,28H,7-8,13-15,24-27H2,1-6H3/q+1. The summed E-state index contributed by atoms with van der Waals surface area (Å²) in [5.41, 5.74) is 12.9. The van der Waals surface area contributed by atoms with E-state index in [2.05, 4.69) is 151 Å². The van der Waals surface area contributed by atoms with Crippen molar-refractivity contribution in [1.29, 1.82) is 0 Å². The van der Waals surface area contributed by atoms with Crippen molar-refractivity contribution in [3.8, 4) is 0 Å². The topological polar surface area (TPSA) is 37.0 Å². The molecule has 0 radical (unpaired) electrons. The van der Waals surface area contributed by atoms with Gasteiger partial charge in [0.15, 0.2) is 5.71 Å². The van der Waals surface area contributed by atoms with Crippen LogP contribution in [0.15, 0.2) is 95.9 Å². The molecule has 0 N–H and O–H groups in total. The second-order valence-corrected chi connectivity index (χ2v) is 14.7. The zero-order valence-electron chi connectivity index (χ0n) is 28.5. The van der Waals surface area contributed by atoms with Crippen molar-refractivity contribution in [3.05, 3.63) is 113 Å². The highest BCUT2D eigenvalue weighted by atomic mass is 79.9. The van der Waals surface area contributed by atoms with Crippen molar-refractivity contribution in [3.63, 3.8) is 0 Å². The van der Waals surface area contributed by atoms with Crippen LogP contribution in [0.2, 0.25) is 0 Å². The molecule has 2 aliphatic heterocycles. The highest BCUT2D eigenvalue weighted by Crippen LogP contribution is 2.48. The fourth-order valence-electron chi connectivity index (χ4n) is 7.72. The van der Waals surface area contributed by atoms with Gasteiger partial charge in [0.2, 0.25) is 5.69 Å². The van der Waals surface area contributed by atoms with Gasteiger partial charge in [-0.1, -0.05) is 97.4 Å². The molecule has 0 unspecified atom stereocenters. The van der Waals surface area contributed by atoms with E-state index in [4.69, 9.17) is 5.21 Å². The van der Waals surface area contributed by atoms with Crippen molar-refractivity contribution >= 4 is 38.7 Å². The summed E-state index contributed by atoms with van der Waals surface area (Å²) in [4.78, 5) is 2.53. The van der Waals surface area contributed by atoms with Gasteiger partial charge in [0, 0.05) is 59.2 Å². The fraction of sp³-hybridized carbons (Fsp3) is 0.425. The monoisotopic (exact) mass is 678 g/mol. The molecule has 0 saturated heterocycles. The second kappa shape index (κ2) is 13.3. The molecule has 46 heavy (non-hydrogen) atoms. The fourth-order valence-corrected chi connectivity index (χ4v) is 8.13. The minimum absolute atomic E-state index is 0.0666. The Morgan fingerprint density at radius 1 is 0.891 bits per heavy atom. The Morgan fingerprint density at radius 3 is 2.41 bits per heavy atom. The first-order valence-corrected chi connectivity index (χ1v) is 18.3. The van der Waals surface area contributed by atoms with Gasteiger partial charge in [-0.2, -0.15) is 4.58 Å². The SMILES string of the molecule is CCCN1/C(=C/C=C2\CCCC(/C=C/C3=[N+](CCC)c4ccccc4C3(C)C)=C2n2cc(CCBr)nn2)C(C)(C)c2ccccc21. The van der Waals surface area contributed by atoms with Gasteiger partial charge in [0.05, 0.1) is 23.0 Å². The number of fused-ring (bicyclic) bond motifs is 2. The number of nitrogens with zero attached hydrogens (tertiary/aromatic N) is 5. The van der Waals surface area contributed by atoms with Gasteiger partial charge < -0.3 is 4.90 Å². The van der Waals surface area contributed by atoms with Crippen LogP contribution in [0, 0.1) is 0 Å². The van der Waals surface area contributed by atoms with Crippen molar-refractivity contribution in [2.24, 2.45) is 0 Å². The van der Waals surface area contributed by atoms with E-state index in [1.54, 1.807) is 0 Å². The van der Waals surface area contributed by atoms with Gasteiger partial charge in [-0.3, -0.25) is 0 Å². The molecule has 0 amide bonds. The summed E-state index contributed by atoms with van der Waals surface area (Å²) < 4.78 is 4.57. The lowest BCUT2D eigenvalue weighted by Crippen LogP contribution is -2.28. The Bertz CT molecular complexity index is 1760. The Labute approximate surface area is 284 Å². The van der Waals surface area contributed by atoms with Crippen molar-refractivity contribution in [2.45, 2.75) is 90.9 Å². The van der Waals surface area contributed by atoms with Crippen LogP contribution in [0.25, 0.3) is 5.70 Å². The molecule has 240 valence electrons. The van der Waals surface area contributed by atoms with Crippen LogP contribution in [0.5, 0.6) is 0 Å². The summed E-state index contributed by atoms with van der Waals surface area (Å²) in [5, 5.41) is 10.1. The van der Waals surface area contributed by atoms with E-state index in [1.807, 2.05) is 4.68 Å². The number of halogens is 1. The quantitative estimate of drug-likeness (QED) is 0.158. The maximum Gasteiger partial charge on any atom is 0.209 e. The van der Waals surface area contributed by atoms with Gasteiger partial charge >= 0.3 is 0 Å². The van der Waals surface area contributed by atoms with Crippen molar-refractivity contribution in [1.82, 2.24) is 15.0 Å². The van der Waals surface area contributed by atoms with Crippen LogP contribution in [0.4, 0.5) is 11.4 Å². The second-order valence-electron chi connectivity index (χ2n) is 13.9. The predicted octanol–water partition coefficient (Wildman–Crippen LogP) is 9.67. The number of aromatic nitrogens is 3. The molecule has 0 atom stereocenters. The lowest BCUT2D eigenvalue weighted by Gasteiger charge is -2.27. The van der Waals surface area contributed by atoms with Crippen LogP contribution < -0.4 is 4.90 Å². The number of anilines is 1. The van der Waals surface area contributed by atoms with Crippen LogP contribution >= 0.6 is 15.9 Å². The van der Waals surface area contributed by atoms with E-state index in [1.165, 1.54) is 50.8 Å². The maximum atomic E-state index is 4.69. The van der Waals surface area contributed by atoms with Gasteiger partial charge in [0.1, 0.15) is 6.54 Å². The molecule has 0 bridgehead atoms. The Kier molecular flexibility index (Phi) is 9.38. The first-order valence-electron chi connectivity index (χ1n) is 17.1. The zero-order chi connectivity index (χ0) is 32.5. The lowest BCUT2D eigenvalue weighted by molar-refractivity contribution is -0.437. The molecule has 1 aromatic heterocycles. The average Bonchev–Trinajstić information content (AvgIpc) is 3.66. The largest absolute Gasteiger partial charge is 0.344 e. The number of hydrogen-bond donors (Lipinski definition) is 0. The highest BCUT2D eigenvalue weighted by molar-refractivity contribution is 9.09. The van der Waals surface area contributed by atoms with Gasteiger partial charge in [-0.25, -0.2) is 4.68 Å². The first-order chi connectivity index (χ1) is 22.2. The molecule has 3 aromatic rings. The number of aryl methyl sites for hydroxylation is 1. The summed E-state index contributed by atoms with van der Waals surface area (Å²) in [6.07, 6.45) is 17.9. The van der Waals surface area contributed by atoms with E-state index in [0.717, 1.165) is 62.6 Å². The van der Waals surface area contributed by atoms with Crippen molar-refractivity contribution < 1.29 is 4.58 Å². The van der Waals surface area contributed by atoms with Crippen LogP contribution in [-0.2, 0) is 17.3 Å². The molecule has 0 spiro atoms. The van der Waals surface area contributed by atoms with E-state index in [9.17, 15) is 0 Å². The van der Waals surface area contributed by atoms with E-state index in [0.29, 0.717) is 0 Å². The molecular weight excluding hydrogens is 630 g/mol. The highest BCUT2D eigenvalue weighted by Gasteiger charge is 2.44. The van der Waals surface area contributed by atoms with Gasteiger partial charge in [-0.15, -0.1) is 5.10 Å². The summed E-state index contributed by atoms with van der Waals surface area (Å²) >= 11 is 3.59.